The third-order valence-corrected chi connectivity index (χ3v) is 4.80. The molecule has 0 spiro atoms. The molecule has 0 radical (unpaired) electrons. The molecule has 1 aliphatic rings. The standard InChI is InChI=1S/C14H17Cl3O/c1-9-8-18-5-4-11(9)13(16)6-10-2-3-12(15)14(17)7-10/h2-3,7,9,11,13H,4-6,8H2,1H3. The van der Waals surface area contributed by atoms with Crippen LogP contribution < -0.4 is 0 Å². The Morgan fingerprint density at radius 2 is 2.11 bits per heavy atom. The Bertz CT molecular complexity index is 408. The number of hydrogen-bond donors (Lipinski definition) is 0. The van der Waals surface area contributed by atoms with Gasteiger partial charge in [0.25, 0.3) is 0 Å². The van der Waals surface area contributed by atoms with Gasteiger partial charge in [-0.15, -0.1) is 11.6 Å². The lowest BCUT2D eigenvalue weighted by Gasteiger charge is -2.32. The first-order valence-corrected chi connectivity index (χ1v) is 7.43. The average Bonchev–Trinajstić information content (AvgIpc) is 2.34. The van der Waals surface area contributed by atoms with Crippen LogP contribution >= 0.6 is 34.8 Å². The second-order valence-corrected chi connectivity index (χ2v) is 6.35. The van der Waals surface area contributed by atoms with E-state index < -0.39 is 0 Å². The fourth-order valence-electron chi connectivity index (χ4n) is 2.48. The summed E-state index contributed by atoms with van der Waals surface area (Å²) in [5, 5.41) is 1.31. The Hall–Kier alpha value is 0.0500. The molecule has 18 heavy (non-hydrogen) atoms. The van der Waals surface area contributed by atoms with Crippen LogP contribution in [0.2, 0.25) is 10.0 Å². The van der Waals surface area contributed by atoms with Crippen LogP contribution in [0.1, 0.15) is 18.9 Å². The molecular formula is C14H17Cl3O. The summed E-state index contributed by atoms with van der Waals surface area (Å²) in [5.74, 6) is 1.03. The molecule has 4 heteroatoms. The minimum absolute atomic E-state index is 0.126. The molecule has 0 N–H and O–H groups in total. The zero-order chi connectivity index (χ0) is 13.1. The molecule has 1 nitrogen and oxygen atoms in total. The molecule has 1 aliphatic heterocycles. The third kappa shape index (κ3) is 3.54. The van der Waals surface area contributed by atoms with Gasteiger partial charge in [0.15, 0.2) is 0 Å². The minimum atomic E-state index is 0.126. The molecule has 0 saturated carbocycles. The van der Waals surface area contributed by atoms with Crippen molar-refractivity contribution < 1.29 is 4.74 Å². The van der Waals surface area contributed by atoms with E-state index in [1.54, 1.807) is 0 Å². The van der Waals surface area contributed by atoms with Crippen molar-refractivity contribution in [3.05, 3.63) is 33.8 Å². The van der Waals surface area contributed by atoms with Gasteiger partial charge in [0, 0.05) is 18.6 Å². The Morgan fingerprint density at radius 3 is 2.78 bits per heavy atom. The molecule has 3 atom stereocenters. The number of ether oxygens (including phenoxy) is 1. The van der Waals surface area contributed by atoms with Crippen molar-refractivity contribution in [1.29, 1.82) is 0 Å². The second kappa shape index (κ2) is 6.47. The maximum absolute atomic E-state index is 6.55. The van der Waals surface area contributed by atoms with Crippen LogP contribution in [0, 0.1) is 11.8 Å². The SMILES string of the molecule is CC1COCCC1C(Cl)Cc1ccc(Cl)c(Cl)c1. The summed E-state index contributed by atoms with van der Waals surface area (Å²) in [7, 11) is 0. The van der Waals surface area contributed by atoms with E-state index in [0.29, 0.717) is 21.9 Å². The highest BCUT2D eigenvalue weighted by atomic mass is 35.5. The normalized spacial score (nSPS) is 26.0. The van der Waals surface area contributed by atoms with Gasteiger partial charge in [-0.1, -0.05) is 36.2 Å². The highest BCUT2D eigenvalue weighted by Crippen LogP contribution is 2.31. The molecule has 1 fully saturated rings. The number of halogens is 3. The Balaban J connectivity index is 2.01. The fraction of sp³-hybridized carbons (Fsp3) is 0.571. The smallest absolute Gasteiger partial charge is 0.0595 e. The lowest BCUT2D eigenvalue weighted by Crippen LogP contribution is -2.32. The summed E-state index contributed by atoms with van der Waals surface area (Å²) >= 11 is 18.5. The largest absolute Gasteiger partial charge is 0.381 e. The number of benzene rings is 1. The fourth-order valence-corrected chi connectivity index (χ4v) is 3.35. The Morgan fingerprint density at radius 1 is 1.33 bits per heavy atom. The van der Waals surface area contributed by atoms with Crippen LogP contribution in [0.25, 0.3) is 0 Å². The van der Waals surface area contributed by atoms with E-state index in [1.165, 1.54) is 0 Å². The summed E-state index contributed by atoms with van der Waals surface area (Å²) in [4.78, 5) is 0. The van der Waals surface area contributed by atoms with Crippen molar-refractivity contribution in [3.8, 4) is 0 Å². The number of rotatable bonds is 3. The van der Waals surface area contributed by atoms with E-state index in [-0.39, 0.29) is 5.38 Å². The van der Waals surface area contributed by atoms with E-state index in [9.17, 15) is 0 Å². The molecular weight excluding hydrogens is 291 g/mol. The van der Waals surface area contributed by atoms with Gasteiger partial charge in [-0.2, -0.15) is 0 Å². The predicted octanol–water partition coefficient (Wildman–Crippen LogP) is 4.82. The van der Waals surface area contributed by atoms with Gasteiger partial charge in [0.2, 0.25) is 0 Å². The lowest BCUT2D eigenvalue weighted by atomic mass is 9.84. The predicted molar refractivity (Wildman–Crippen MR) is 77.9 cm³/mol. The van der Waals surface area contributed by atoms with Gasteiger partial charge in [-0.3, -0.25) is 0 Å². The van der Waals surface area contributed by atoms with Gasteiger partial charge in [0.1, 0.15) is 0 Å². The van der Waals surface area contributed by atoms with Gasteiger partial charge in [0.05, 0.1) is 10.0 Å². The van der Waals surface area contributed by atoms with Crippen LogP contribution in [0.4, 0.5) is 0 Å². The molecule has 0 bridgehead atoms. The molecule has 100 valence electrons. The molecule has 1 heterocycles. The van der Waals surface area contributed by atoms with Crippen molar-refractivity contribution in [2.75, 3.05) is 13.2 Å². The van der Waals surface area contributed by atoms with Crippen LogP contribution in [-0.4, -0.2) is 18.6 Å². The second-order valence-electron chi connectivity index (χ2n) is 4.97. The van der Waals surface area contributed by atoms with Crippen molar-refractivity contribution in [2.24, 2.45) is 11.8 Å². The van der Waals surface area contributed by atoms with E-state index in [4.69, 9.17) is 39.5 Å². The quantitative estimate of drug-likeness (QED) is 0.728. The van der Waals surface area contributed by atoms with E-state index in [0.717, 1.165) is 31.6 Å². The van der Waals surface area contributed by atoms with Crippen molar-refractivity contribution in [3.63, 3.8) is 0 Å². The molecule has 0 aliphatic carbocycles. The monoisotopic (exact) mass is 306 g/mol. The highest BCUT2D eigenvalue weighted by Gasteiger charge is 2.28. The van der Waals surface area contributed by atoms with Gasteiger partial charge < -0.3 is 4.74 Å². The average molecular weight is 308 g/mol. The first-order chi connectivity index (χ1) is 8.58. The minimum Gasteiger partial charge on any atom is -0.381 e. The molecule has 1 aromatic carbocycles. The van der Waals surface area contributed by atoms with Crippen LogP contribution in [0.3, 0.4) is 0 Å². The van der Waals surface area contributed by atoms with Crippen LogP contribution in [0.15, 0.2) is 18.2 Å². The summed E-state index contributed by atoms with van der Waals surface area (Å²) in [5.41, 5.74) is 1.14. The summed E-state index contributed by atoms with van der Waals surface area (Å²) in [6.07, 6.45) is 1.87. The topological polar surface area (TPSA) is 9.23 Å². The number of alkyl halides is 1. The zero-order valence-corrected chi connectivity index (χ0v) is 12.6. The van der Waals surface area contributed by atoms with E-state index in [2.05, 4.69) is 6.92 Å². The molecule has 3 unspecified atom stereocenters. The maximum Gasteiger partial charge on any atom is 0.0595 e. The Kier molecular flexibility index (Phi) is 5.20. The summed E-state index contributed by atoms with van der Waals surface area (Å²) < 4.78 is 5.45. The first-order valence-electron chi connectivity index (χ1n) is 6.23. The molecule has 1 aromatic rings. The Labute approximate surface area is 123 Å². The van der Waals surface area contributed by atoms with Crippen molar-refractivity contribution in [1.82, 2.24) is 0 Å². The molecule has 1 saturated heterocycles. The van der Waals surface area contributed by atoms with Gasteiger partial charge in [-0.05, 0) is 42.4 Å². The summed E-state index contributed by atoms with van der Waals surface area (Å²) in [6, 6.07) is 5.73. The number of hydrogen-bond acceptors (Lipinski definition) is 1. The zero-order valence-electron chi connectivity index (χ0n) is 10.3. The van der Waals surface area contributed by atoms with Crippen LogP contribution in [0.5, 0.6) is 0 Å². The van der Waals surface area contributed by atoms with Crippen molar-refractivity contribution in [2.45, 2.75) is 25.1 Å². The van der Waals surface area contributed by atoms with E-state index >= 15 is 0 Å². The first kappa shape index (κ1) is 14.5. The maximum atomic E-state index is 6.55. The highest BCUT2D eigenvalue weighted by molar-refractivity contribution is 6.42. The van der Waals surface area contributed by atoms with Gasteiger partial charge in [-0.25, -0.2) is 0 Å². The third-order valence-electron chi connectivity index (χ3n) is 3.59. The summed E-state index contributed by atoms with van der Waals surface area (Å²) in [6.45, 7) is 3.84. The van der Waals surface area contributed by atoms with Crippen LogP contribution in [-0.2, 0) is 11.2 Å². The lowest BCUT2D eigenvalue weighted by molar-refractivity contribution is 0.0230. The molecule has 0 aromatic heterocycles. The molecule has 0 amide bonds. The van der Waals surface area contributed by atoms with Gasteiger partial charge >= 0.3 is 0 Å². The van der Waals surface area contributed by atoms with Crippen molar-refractivity contribution >= 4 is 34.8 Å². The van der Waals surface area contributed by atoms with E-state index in [1.807, 2.05) is 18.2 Å². The molecule has 2 rings (SSSR count).